The summed E-state index contributed by atoms with van der Waals surface area (Å²) in [5.41, 5.74) is 1.34. The van der Waals surface area contributed by atoms with Gasteiger partial charge in [-0.15, -0.1) is 0 Å². The molecular weight excluding hydrogens is 314 g/mol. The fourth-order valence-corrected chi connectivity index (χ4v) is 3.83. The molecule has 1 fully saturated rings. The Balaban J connectivity index is 1.42. The number of carbonyl (C=O) groups is 1. The second-order valence-electron chi connectivity index (χ2n) is 7.38. The normalized spacial score (nSPS) is 29.5. The van der Waals surface area contributed by atoms with Crippen molar-refractivity contribution in [2.45, 2.75) is 38.4 Å². The first-order chi connectivity index (χ1) is 12.1. The number of benzene rings is 1. The largest absolute Gasteiger partial charge is 0.396 e. The molecule has 1 saturated heterocycles. The molecule has 3 rings (SSSR count). The summed E-state index contributed by atoms with van der Waals surface area (Å²) in [6.45, 7) is 5.32. The van der Waals surface area contributed by atoms with Gasteiger partial charge in [0.05, 0.1) is 0 Å². The number of aliphatic hydroxyl groups excluding tert-OH is 1. The van der Waals surface area contributed by atoms with Gasteiger partial charge in [0.25, 0.3) is 0 Å². The standard InChI is InChI=1S/C20H29N3O2/c1-15-12-23(13-16-5-3-2-4-6-16)10-9-19(15)22-20(25)21-18-8-7-17(11-18)14-24/h2-8,15,17-19,24H,9-14H2,1H3,(H2,21,22,25)/t15?,17-,18+,19?/m0/s1. The van der Waals surface area contributed by atoms with E-state index in [2.05, 4.69) is 46.7 Å². The molecule has 1 aliphatic carbocycles. The van der Waals surface area contributed by atoms with Crippen LogP contribution in [0.3, 0.4) is 0 Å². The SMILES string of the molecule is CC1CN(Cc2ccccc2)CCC1NC(=O)N[C@@H]1C=C[C@H](CO)C1. The van der Waals surface area contributed by atoms with E-state index in [4.69, 9.17) is 5.11 Å². The molecule has 1 heterocycles. The lowest BCUT2D eigenvalue weighted by atomic mass is 9.93. The van der Waals surface area contributed by atoms with Crippen LogP contribution in [0.1, 0.15) is 25.3 Å². The molecule has 25 heavy (non-hydrogen) atoms. The fraction of sp³-hybridized carbons (Fsp3) is 0.550. The molecule has 0 aromatic heterocycles. The van der Waals surface area contributed by atoms with Gasteiger partial charge in [-0.25, -0.2) is 4.79 Å². The molecule has 1 aromatic rings. The molecule has 4 atom stereocenters. The monoisotopic (exact) mass is 343 g/mol. The van der Waals surface area contributed by atoms with Crippen LogP contribution in [0.4, 0.5) is 4.79 Å². The Labute approximate surface area is 150 Å². The number of nitrogens with one attached hydrogen (secondary N) is 2. The highest BCUT2D eigenvalue weighted by Gasteiger charge is 2.28. The average Bonchev–Trinajstić information content (AvgIpc) is 3.06. The number of hydrogen-bond donors (Lipinski definition) is 3. The van der Waals surface area contributed by atoms with Gasteiger partial charge < -0.3 is 15.7 Å². The van der Waals surface area contributed by atoms with E-state index in [0.717, 1.165) is 32.5 Å². The van der Waals surface area contributed by atoms with Crippen molar-refractivity contribution in [3.8, 4) is 0 Å². The summed E-state index contributed by atoms with van der Waals surface area (Å²) in [6, 6.07) is 10.7. The third-order valence-corrected chi connectivity index (χ3v) is 5.28. The first kappa shape index (κ1) is 18.0. The molecule has 5 heteroatoms. The quantitative estimate of drug-likeness (QED) is 0.718. The fourth-order valence-electron chi connectivity index (χ4n) is 3.83. The zero-order valence-electron chi connectivity index (χ0n) is 14.9. The first-order valence-corrected chi connectivity index (χ1v) is 9.26. The molecule has 0 spiro atoms. The van der Waals surface area contributed by atoms with Crippen LogP contribution in [-0.4, -0.2) is 47.8 Å². The summed E-state index contributed by atoms with van der Waals surface area (Å²) in [7, 11) is 0. The van der Waals surface area contributed by atoms with Gasteiger partial charge in [-0.3, -0.25) is 4.90 Å². The van der Waals surface area contributed by atoms with E-state index >= 15 is 0 Å². The molecule has 136 valence electrons. The minimum Gasteiger partial charge on any atom is -0.396 e. The number of nitrogens with zero attached hydrogens (tertiary/aromatic N) is 1. The summed E-state index contributed by atoms with van der Waals surface area (Å²) in [5.74, 6) is 0.595. The summed E-state index contributed by atoms with van der Waals surface area (Å²) in [4.78, 5) is 14.7. The molecule has 0 bridgehead atoms. The minimum absolute atomic E-state index is 0.0330. The van der Waals surface area contributed by atoms with Crippen molar-refractivity contribution >= 4 is 6.03 Å². The van der Waals surface area contributed by atoms with Crippen molar-refractivity contribution in [2.24, 2.45) is 11.8 Å². The van der Waals surface area contributed by atoms with E-state index in [9.17, 15) is 4.79 Å². The van der Waals surface area contributed by atoms with Crippen molar-refractivity contribution in [2.75, 3.05) is 19.7 Å². The maximum atomic E-state index is 12.2. The Bertz CT molecular complexity index is 590. The predicted molar refractivity (Wildman–Crippen MR) is 99.1 cm³/mol. The number of rotatable bonds is 5. The number of amides is 2. The number of carbonyl (C=O) groups excluding carboxylic acids is 1. The molecule has 0 saturated carbocycles. The molecule has 5 nitrogen and oxygen atoms in total. The second kappa shape index (κ2) is 8.50. The van der Waals surface area contributed by atoms with Gasteiger partial charge in [0, 0.05) is 44.2 Å². The van der Waals surface area contributed by atoms with Crippen LogP contribution < -0.4 is 10.6 Å². The van der Waals surface area contributed by atoms with Crippen LogP contribution in [0.15, 0.2) is 42.5 Å². The van der Waals surface area contributed by atoms with E-state index in [-0.39, 0.29) is 30.6 Å². The molecule has 2 amide bonds. The zero-order chi connectivity index (χ0) is 17.6. The topological polar surface area (TPSA) is 64.6 Å². The minimum atomic E-state index is -0.0957. The third kappa shape index (κ3) is 5.06. The maximum absolute atomic E-state index is 12.2. The van der Waals surface area contributed by atoms with Crippen LogP contribution >= 0.6 is 0 Å². The van der Waals surface area contributed by atoms with Crippen LogP contribution in [0.25, 0.3) is 0 Å². The van der Waals surface area contributed by atoms with Gasteiger partial charge in [0.1, 0.15) is 0 Å². The van der Waals surface area contributed by atoms with Gasteiger partial charge in [-0.05, 0) is 24.3 Å². The van der Waals surface area contributed by atoms with Crippen molar-refractivity contribution in [3.63, 3.8) is 0 Å². The molecular formula is C20H29N3O2. The molecule has 3 N–H and O–H groups in total. The van der Waals surface area contributed by atoms with Crippen LogP contribution in [-0.2, 0) is 6.54 Å². The number of aliphatic hydroxyl groups is 1. The molecule has 2 aliphatic rings. The Morgan fingerprint density at radius 2 is 2.04 bits per heavy atom. The summed E-state index contributed by atoms with van der Waals surface area (Å²) < 4.78 is 0. The average molecular weight is 343 g/mol. The lowest BCUT2D eigenvalue weighted by Gasteiger charge is -2.37. The number of piperidine rings is 1. The highest BCUT2D eigenvalue weighted by Crippen LogP contribution is 2.20. The van der Waals surface area contributed by atoms with Crippen LogP contribution in [0, 0.1) is 11.8 Å². The van der Waals surface area contributed by atoms with E-state index in [1.165, 1.54) is 5.56 Å². The summed E-state index contributed by atoms with van der Waals surface area (Å²) in [6.07, 6.45) is 5.72. The third-order valence-electron chi connectivity index (χ3n) is 5.28. The van der Waals surface area contributed by atoms with E-state index in [1.807, 2.05) is 18.2 Å². The molecule has 0 radical (unpaired) electrons. The predicted octanol–water partition coefficient (Wildman–Crippen LogP) is 2.13. The zero-order valence-corrected chi connectivity index (χ0v) is 14.9. The van der Waals surface area contributed by atoms with E-state index < -0.39 is 0 Å². The Morgan fingerprint density at radius 1 is 1.24 bits per heavy atom. The first-order valence-electron chi connectivity index (χ1n) is 9.26. The van der Waals surface area contributed by atoms with E-state index in [0.29, 0.717) is 5.92 Å². The maximum Gasteiger partial charge on any atom is 0.315 e. The van der Waals surface area contributed by atoms with Gasteiger partial charge in [0.2, 0.25) is 0 Å². The Hall–Kier alpha value is -1.85. The van der Waals surface area contributed by atoms with Gasteiger partial charge in [-0.1, -0.05) is 49.4 Å². The highest BCUT2D eigenvalue weighted by molar-refractivity contribution is 5.75. The summed E-state index contributed by atoms with van der Waals surface area (Å²) >= 11 is 0. The smallest absolute Gasteiger partial charge is 0.315 e. The van der Waals surface area contributed by atoms with Gasteiger partial charge in [-0.2, -0.15) is 0 Å². The molecule has 1 aromatic carbocycles. The Morgan fingerprint density at radius 3 is 2.72 bits per heavy atom. The van der Waals surface area contributed by atoms with Crippen molar-refractivity contribution in [3.05, 3.63) is 48.0 Å². The van der Waals surface area contributed by atoms with Crippen LogP contribution in [0.2, 0.25) is 0 Å². The van der Waals surface area contributed by atoms with Crippen LogP contribution in [0.5, 0.6) is 0 Å². The lowest BCUT2D eigenvalue weighted by Crippen LogP contribution is -2.53. The number of urea groups is 1. The number of hydrogen-bond acceptors (Lipinski definition) is 3. The number of likely N-dealkylation sites (tertiary alicyclic amines) is 1. The molecule has 1 aliphatic heterocycles. The van der Waals surface area contributed by atoms with Crippen molar-refractivity contribution < 1.29 is 9.90 Å². The lowest BCUT2D eigenvalue weighted by molar-refractivity contribution is 0.142. The van der Waals surface area contributed by atoms with Gasteiger partial charge >= 0.3 is 6.03 Å². The second-order valence-corrected chi connectivity index (χ2v) is 7.38. The molecule has 2 unspecified atom stereocenters. The van der Waals surface area contributed by atoms with Crippen molar-refractivity contribution in [1.82, 2.24) is 15.5 Å². The van der Waals surface area contributed by atoms with Crippen molar-refractivity contribution in [1.29, 1.82) is 0 Å². The highest BCUT2D eigenvalue weighted by atomic mass is 16.3. The Kier molecular flexibility index (Phi) is 6.10. The summed E-state index contributed by atoms with van der Waals surface area (Å²) in [5, 5.41) is 15.3. The van der Waals surface area contributed by atoms with E-state index in [1.54, 1.807) is 0 Å². The van der Waals surface area contributed by atoms with Gasteiger partial charge in [0.15, 0.2) is 0 Å².